The fourth-order valence-electron chi connectivity index (χ4n) is 7.65. The number of hydrogen-bond donors (Lipinski definition) is 7. The molecule has 0 saturated heterocycles. The summed E-state index contributed by atoms with van der Waals surface area (Å²) in [6.45, 7) is 9.83. The van der Waals surface area contributed by atoms with Gasteiger partial charge in [0.15, 0.2) is 0 Å². The van der Waals surface area contributed by atoms with Crippen molar-refractivity contribution in [2.24, 2.45) is 5.41 Å². The Morgan fingerprint density at radius 2 is 0.558 bits per heavy atom. The van der Waals surface area contributed by atoms with Crippen molar-refractivity contribution >= 4 is 47.1 Å². The van der Waals surface area contributed by atoms with Crippen molar-refractivity contribution < 1.29 is 66.8 Å². The molecule has 7 N–H and O–H groups in total. The van der Waals surface area contributed by atoms with E-state index >= 15 is 0 Å². The molecule has 0 spiro atoms. The summed E-state index contributed by atoms with van der Waals surface area (Å²) in [4.78, 5) is 100. The second kappa shape index (κ2) is 50.0. The number of amides is 7. The summed E-state index contributed by atoms with van der Waals surface area (Å²) in [5.41, 5.74) is -1.55. The van der Waals surface area contributed by atoms with Crippen molar-refractivity contribution in [3.8, 4) is 0 Å². The summed E-state index contributed by atoms with van der Waals surface area (Å²) < 4.78 is 33.3. The fourth-order valence-corrected chi connectivity index (χ4v) is 7.65. The van der Waals surface area contributed by atoms with E-state index in [-0.39, 0.29) is 112 Å². The lowest BCUT2D eigenvalue weighted by Crippen LogP contribution is -2.58. The Bertz CT molecular complexity index is 1450. The topological polar surface area (TPSA) is 276 Å². The van der Waals surface area contributed by atoms with E-state index in [4.69, 9.17) is 28.4 Å². The van der Waals surface area contributed by atoms with Crippen molar-refractivity contribution in [2.75, 3.05) is 120 Å². The molecule has 0 saturated carbocycles. The van der Waals surface area contributed by atoms with E-state index in [2.05, 4.69) is 37.2 Å². The van der Waals surface area contributed by atoms with Crippen molar-refractivity contribution in [2.45, 2.75) is 187 Å². The Balaban J connectivity index is 5.58. The van der Waals surface area contributed by atoms with Gasteiger partial charge >= 0.3 is 0 Å². The second-order valence-electron chi connectivity index (χ2n) is 20.7. The standard InChI is InChI=1S/C56H105N7O14/c1-55(2,3)47(64)24-13-11-9-7-8-10-12-14-28-54(71)63-56(44-75-41-29-51(68)60-35-21-32-57-48(65)25-15-18-38-72-4,45-76-42-30-52(69)61-36-22-33-58-49(66)26-16-19-39-73-5)46-77-43-31-53(70)62-37-23-34-59-50(67)27-17-20-40-74-6/h7-46H2,1-6H3,(H,57,65)(H,58,66)(H,59,67)(H,60,68)(H,61,69)(H,62,70)(H,63,71). The van der Waals surface area contributed by atoms with Crippen molar-refractivity contribution in [1.29, 1.82) is 0 Å². The van der Waals surface area contributed by atoms with Crippen LogP contribution in [-0.2, 0) is 66.8 Å². The zero-order chi connectivity index (χ0) is 57.1. The SMILES string of the molecule is COCCCCC(=O)NCCCNC(=O)CCOCC(COCCC(=O)NCCCNC(=O)CCCCOC)(COCCC(=O)NCCCNC(=O)CCCCOC)NC(=O)CCCCCCCCCCC(=O)C(C)(C)C. The monoisotopic (exact) mass is 1100 g/mol. The highest BCUT2D eigenvalue weighted by Crippen LogP contribution is 2.20. The molecular formula is C56H105N7O14. The van der Waals surface area contributed by atoms with Crippen LogP contribution in [0.2, 0.25) is 0 Å². The van der Waals surface area contributed by atoms with Crippen LogP contribution in [0.4, 0.5) is 0 Å². The third-order valence-corrected chi connectivity index (χ3v) is 12.4. The zero-order valence-electron chi connectivity index (χ0n) is 48.5. The lowest BCUT2D eigenvalue weighted by atomic mass is 9.88. The van der Waals surface area contributed by atoms with Crippen LogP contribution in [0.15, 0.2) is 0 Å². The molecule has 0 fully saturated rings. The zero-order valence-corrected chi connectivity index (χ0v) is 48.5. The van der Waals surface area contributed by atoms with E-state index in [1.165, 1.54) is 0 Å². The first kappa shape index (κ1) is 72.7. The van der Waals surface area contributed by atoms with Gasteiger partial charge in [-0.3, -0.25) is 38.4 Å². The molecule has 21 nitrogen and oxygen atoms in total. The van der Waals surface area contributed by atoms with Gasteiger partial charge in [0.1, 0.15) is 11.3 Å². The lowest BCUT2D eigenvalue weighted by Gasteiger charge is -2.34. The minimum atomic E-state index is -1.25. The number of carbonyl (C=O) groups is 8. The predicted molar refractivity (Wildman–Crippen MR) is 297 cm³/mol. The Morgan fingerprint density at radius 3 is 0.857 bits per heavy atom. The molecule has 0 radical (unpaired) electrons. The maximum atomic E-state index is 13.7. The summed E-state index contributed by atoms with van der Waals surface area (Å²) >= 11 is 0. The van der Waals surface area contributed by atoms with Gasteiger partial charge in [0, 0.05) is 137 Å². The molecule has 21 heteroatoms. The molecule has 0 aromatic carbocycles. The van der Waals surface area contributed by atoms with Gasteiger partial charge in [0.2, 0.25) is 41.4 Å². The fraction of sp³-hybridized carbons (Fsp3) is 0.857. The molecule has 0 rings (SSSR count). The van der Waals surface area contributed by atoms with Gasteiger partial charge in [-0.05, 0) is 70.6 Å². The molecule has 7 amide bonds. The number of Topliss-reactive ketones (excluding diaryl/α,β-unsaturated/α-hetero) is 1. The third-order valence-electron chi connectivity index (χ3n) is 12.4. The van der Waals surface area contributed by atoms with E-state index in [1.54, 1.807) is 21.3 Å². The first-order valence-corrected chi connectivity index (χ1v) is 28.7. The largest absolute Gasteiger partial charge is 0.385 e. The number of ether oxygens (including phenoxy) is 6. The maximum Gasteiger partial charge on any atom is 0.222 e. The van der Waals surface area contributed by atoms with Gasteiger partial charge in [-0.2, -0.15) is 0 Å². The Labute approximate surface area is 462 Å². The van der Waals surface area contributed by atoms with Gasteiger partial charge in [0.05, 0.1) is 39.6 Å². The molecule has 0 aliphatic rings. The van der Waals surface area contributed by atoms with Gasteiger partial charge in [0.25, 0.3) is 0 Å². The average Bonchev–Trinajstić information content (AvgIpc) is 3.39. The molecule has 0 unspecified atom stereocenters. The average molecular weight is 1100 g/mol. The number of methoxy groups -OCH3 is 3. The molecule has 77 heavy (non-hydrogen) atoms. The van der Waals surface area contributed by atoms with Crippen LogP contribution in [0.3, 0.4) is 0 Å². The maximum absolute atomic E-state index is 13.7. The third kappa shape index (κ3) is 47.4. The van der Waals surface area contributed by atoms with Crippen LogP contribution in [0.1, 0.15) is 181 Å². The Hall–Kier alpha value is -4.28. The minimum Gasteiger partial charge on any atom is -0.385 e. The number of unbranched alkanes of at least 4 members (excludes halogenated alkanes) is 10. The van der Waals surface area contributed by atoms with Crippen LogP contribution in [0.25, 0.3) is 0 Å². The number of hydrogen-bond acceptors (Lipinski definition) is 14. The number of carbonyl (C=O) groups excluding carboxylic acids is 8. The van der Waals surface area contributed by atoms with Crippen LogP contribution in [-0.4, -0.2) is 173 Å². The van der Waals surface area contributed by atoms with E-state index in [9.17, 15) is 38.4 Å². The summed E-state index contributed by atoms with van der Waals surface area (Å²) in [5, 5.41) is 20.2. The van der Waals surface area contributed by atoms with Gasteiger partial charge in [-0.1, -0.05) is 59.3 Å². The van der Waals surface area contributed by atoms with Crippen LogP contribution < -0.4 is 37.2 Å². The van der Waals surface area contributed by atoms with Crippen molar-refractivity contribution in [3.05, 3.63) is 0 Å². The summed E-state index contributed by atoms with van der Waals surface area (Å²) in [5.74, 6) is -0.815. The minimum absolute atomic E-state index is 0.0158. The Kier molecular flexibility index (Phi) is 47.2. The highest BCUT2D eigenvalue weighted by molar-refractivity contribution is 5.83. The van der Waals surface area contributed by atoms with Crippen molar-refractivity contribution in [1.82, 2.24) is 37.2 Å². The summed E-state index contributed by atoms with van der Waals surface area (Å²) in [6, 6.07) is 0. The van der Waals surface area contributed by atoms with Crippen LogP contribution >= 0.6 is 0 Å². The molecule has 0 bridgehead atoms. The first-order valence-electron chi connectivity index (χ1n) is 28.7. The molecule has 448 valence electrons. The molecule has 0 heterocycles. The van der Waals surface area contributed by atoms with Gasteiger partial charge in [-0.25, -0.2) is 0 Å². The first-order chi connectivity index (χ1) is 37.1. The molecule has 0 aliphatic heterocycles. The van der Waals surface area contributed by atoms with Crippen LogP contribution in [0, 0.1) is 5.41 Å². The van der Waals surface area contributed by atoms with Crippen LogP contribution in [0.5, 0.6) is 0 Å². The highest BCUT2D eigenvalue weighted by atomic mass is 16.5. The molecule has 0 aromatic heterocycles. The van der Waals surface area contributed by atoms with Gasteiger partial charge < -0.3 is 65.6 Å². The Morgan fingerprint density at radius 1 is 0.299 bits per heavy atom. The highest BCUT2D eigenvalue weighted by Gasteiger charge is 2.34. The number of rotatable bonds is 54. The van der Waals surface area contributed by atoms with Gasteiger partial charge in [-0.15, -0.1) is 0 Å². The number of ketones is 1. The molecule has 0 aromatic rings. The smallest absolute Gasteiger partial charge is 0.222 e. The normalized spacial score (nSPS) is 11.5. The summed E-state index contributed by atoms with van der Waals surface area (Å²) in [6.07, 6.45) is 16.1. The lowest BCUT2D eigenvalue weighted by molar-refractivity contribution is -0.130. The number of nitrogens with one attached hydrogen (secondary N) is 7. The molecular weight excluding hydrogens is 995 g/mol. The molecule has 0 atom stereocenters. The molecule has 0 aliphatic carbocycles. The van der Waals surface area contributed by atoms with E-state index in [0.717, 1.165) is 83.5 Å². The second-order valence-corrected chi connectivity index (χ2v) is 20.7. The van der Waals surface area contributed by atoms with E-state index in [0.29, 0.717) is 116 Å². The quantitative estimate of drug-likeness (QED) is 0.0400. The predicted octanol–water partition coefficient (Wildman–Crippen LogP) is 4.90. The van der Waals surface area contributed by atoms with E-state index < -0.39 is 5.54 Å². The summed E-state index contributed by atoms with van der Waals surface area (Å²) in [7, 11) is 4.88. The van der Waals surface area contributed by atoms with Crippen molar-refractivity contribution in [3.63, 3.8) is 0 Å². The van der Waals surface area contributed by atoms with E-state index in [1.807, 2.05) is 20.8 Å².